The summed E-state index contributed by atoms with van der Waals surface area (Å²) in [6.07, 6.45) is -0.745. The van der Waals surface area contributed by atoms with Crippen LogP contribution < -0.4 is 10.6 Å². The third kappa shape index (κ3) is 4.87. The van der Waals surface area contributed by atoms with Gasteiger partial charge < -0.3 is 15.7 Å². The van der Waals surface area contributed by atoms with Gasteiger partial charge in [0.2, 0.25) is 0 Å². The van der Waals surface area contributed by atoms with Crippen LogP contribution in [0.4, 0.5) is 5.69 Å². The van der Waals surface area contributed by atoms with Crippen molar-refractivity contribution in [2.24, 2.45) is 0 Å². The fourth-order valence-corrected chi connectivity index (χ4v) is 1.71. The minimum absolute atomic E-state index is 0.0264. The normalized spacial score (nSPS) is 11.8. The van der Waals surface area contributed by atoms with E-state index in [-0.39, 0.29) is 27.3 Å². The lowest BCUT2D eigenvalue weighted by molar-refractivity contribution is -0.136. The molecule has 0 aliphatic rings. The monoisotopic (exact) mass is 324 g/mol. The molecular weight excluding hydrogens is 314 g/mol. The predicted molar refractivity (Wildman–Crippen MR) is 74.8 cm³/mol. The average Bonchev–Trinajstić information content (AvgIpc) is 2.32. The zero-order valence-electron chi connectivity index (χ0n) is 9.84. The number of amides is 2. The first-order valence-corrected chi connectivity index (χ1v) is 6.36. The Labute approximate surface area is 124 Å². The van der Waals surface area contributed by atoms with Crippen molar-refractivity contribution in [2.75, 3.05) is 11.9 Å². The van der Waals surface area contributed by atoms with Crippen LogP contribution >= 0.6 is 34.8 Å². The van der Waals surface area contributed by atoms with E-state index in [4.69, 9.17) is 39.9 Å². The molecule has 19 heavy (non-hydrogen) atoms. The van der Waals surface area contributed by atoms with E-state index in [0.717, 1.165) is 0 Å². The number of carbonyl (C=O) groups is 2. The van der Waals surface area contributed by atoms with Crippen molar-refractivity contribution >= 4 is 52.3 Å². The van der Waals surface area contributed by atoms with Gasteiger partial charge in [-0.2, -0.15) is 0 Å². The highest BCUT2D eigenvalue weighted by atomic mass is 35.5. The third-order valence-electron chi connectivity index (χ3n) is 2.02. The molecule has 104 valence electrons. The summed E-state index contributed by atoms with van der Waals surface area (Å²) in [5, 5.41) is 14.1. The van der Waals surface area contributed by atoms with E-state index >= 15 is 0 Å². The van der Waals surface area contributed by atoms with Gasteiger partial charge in [0.25, 0.3) is 0 Å². The number of anilines is 1. The zero-order chi connectivity index (χ0) is 14.6. The van der Waals surface area contributed by atoms with Crippen molar-refractivity contribution in [2.45, 2.75) is 13.0 Å². The van der Waals surface area contributed by atoms with Gasteiger partial charge >= 0.3 is 11.8 Å². The van der Waals surface area contributed by atoms with E-state index in [1.54, 1.807) is 0 Å². The number of benzene rings is 1. The van der Waals surface area contributed by atoms with Crippen LogP contribution in [0, 0.1) is 0 Å². The van der Waals surface area contributed by atoms with Gasteiger partial charge in [0.15, 0.2) is 0 Å². The lowest BCUT2D eigenvalue weighted by atomic mass is 10.3. The van der Waals surface area contributed by atoms with Crippen LogP contribution in [0.25, 0.3) is 0 Å². The fourth-order valence-electron chi connectivity index (χ4n) is 1.12. The third-order valence-corrected chi connectivity index (χ3v) is 3.06. The summed E-state index contributed by atoms with van der Waals surface area (Å²) in [5.41, 5.74) is 0.174. The molecule has 1 atom stereocenters. The number of nitrogens with one attached hydrogen (secondary N) is 2. The number of halogens is 3. The van der Waals surface area contributed by atoms with Crippen LogP contribution in [0.3, 0.4) is 0 Å². The Kier molecular flexibility index (Phi) is 5.87. The Hall–Kier alpha value is -1.01. The number of aliphatic hydroxyl groups is 1. The van der Waals surface area contributed by atoms with Crippen LogP contribution in [0.15, 0.2) is 12.1 Å². The van der Waals surface area contributed by atoms with Gasteiger partial charge in [-0.05, 0) is 19.1 Å². The first kappa shape index (κ1) is 16.0. The predicted octanol–water partition coefficient (Wildman–Crippen LogP) is 2.08. The highest BCUT2D eigenvalue weighted by Crippen LogP contribution is 2.32. The second-order valence-electron chi connectivity index (χ2n) is 3.76. The molecule has 0 fully saturated rings. The zero-order valence-corrected chi connectivity index (χ0v) is 12.1. The van der Waals surface area contributed by atoms with Gasteiger partial charge in [0.1, 0.15) is 0 Å². The highest BCUT2D eigenvalue weighted by molar-refractivity contribution is 6.45. The minimum atomic E-state index is -0.916. The first-order chi connectivity index (χ1) is 8.81. The summed E-state index contributed by atoms with van der Waals surface area (Å²) in [5.74, 6) is -1.80. The van der Waals surface area contributed by atoms with E-state index in [1.165, 1.54) is 19.1 Å². The number of carbonyl (C=O) groups excluding carboxylic acids is 2. The maximum Gasteiger partial charge on any atom is 0.313 e. The summed E-state index contributed by atoms with van der Waals surface area (Å²) >= 11 is 17.4. The highest BCUT2D eigenvalue weighted by Gasteiger charge is 2.16. The molecule has 3 N–H and O–H groups in total. The van der Waals surface area contributed by atoms with Crippen molar-refractivity contribution in [1.82, 2.24) is 5.32 Å². The summed E-state index contributed by atoms with van der Waals surface area (Å²) in [7, 11) is 0. The molecular formula is C11H11Cl3N2O3. The van der Waals surface area contributed by atoms with E-state index in [2.05, 4.69) is 10.6 Å². The maximum atomic E-state index is 11.5. The Morgan fingerprint density at radius 3 is 2.32 bits per heavy atom. The van der Waals surface area contributed by atoms with Gasteiger partial charge in [0.05, 0.1) is 26.9 Å². The molecule has 0 bridgehead atoms. The van der Waals surface area contributed by atoms with E-state index in [9.17, 15) is 9.59 Å². The van der Waals surface area contributed by atoms with Crippen LogP contribution in [0.5, 0.6) is 0 Å². The van der Waals surface area contributed by atoms with Gasteiger partial charge in [-0.1, -0.05) is 34.8 Å². The number of rotatable bonds is 3. The summed E-state index contributed by atoms with van der Waals surface area (Å²) in [4.78, 5) is 22.9. The average molecular weight is 326 g/mol. The van der Waals surface area contributed by atoms with Gasteiger partial charge in [0, 0.05) is 6.54 Å². The lowest BCUT2D eigenvalue weighted by Crippen LogP contribution is -2.38. The molecule has 1 aromatic carbocycles. The van der Waals surface area contributed by atoms with Gasteiger partial charge in [-0.15, -0.1) is 0 Å². The standard InChI is InChI=1S/C11H11Cl3N2O3/c1-5(17)4-15-10(18)11(19)16-9-3-7(13)6(12)2-8(9)14/h2-3,5,17H,4H2,1H3,(H,15,18)(H,16,19). The van der Waals surface area contributed by atoms with E-state index in [1.807, 2.05) is 0 Å². The summed E-state index contributed by atoms with van der Waals surface area (Å²) in [6, 6.07) is 2.70. The fraction of sp³-hybridized carbons (Fsp3) is 0.273. The molecule has 0 saturated heterocycles. The smallest absolute Gasteiger partial charge is 0.313 e. The molecule has 0 heterocycles. The van der Waals surface area contributed by atoms with Gasteiger partial charge in [-0.25, -0.2) is 0 Å². The minimum Gasteiger partial charge on any atom is -0.392 e. The summed E-state index contributed by atoms with van der Waals surface area (Å²) in [6.45, 7) is 1.45. The molecule has 1 rings (SSSR count). The number of aliphatic hydroxyl groups excluding tert-OH is 1. The van der Waals surface area contributed by atoms with Crippen LogP contribution in [-0.4, -0.2) is 29.6 Å². The van der Waals surface area contributed by atoms with E-state index < -0.39 is 17.9 Å². The molecule has 5 nitrogen and oxygen atoms in total. The largest absolute Gasteiger partial charge is 0.392 e. The lowest BCUT2D eigenvalue weighted by Gasteiger charge is -2.09. The number of hydrogen-bond acceptors (Lipinski definition) is 3. The van der Waals surface area contributed by atoms with Crippen LogP contribution in [0.2, 0.25) is 15.1 Å². The molecule has 0 aliphatic heterocycles. The Morgan fingerprint density at radius 2 is 1.74 bits per heavy atom. The molecule has 0 spiro atoms. The molecule has 1 unspecified atom stereocenters. The molecule has 8 heteroatoms. The van der Waals surface area contributed by atoms with Gasteiger partial charge in [-0.3, -0.25) is 9.59 Å². The van der Waals surface area contributed by atoms with Crippen LogP contribution in [0.1, 0.15) is 6.92 Å². The molecule has 0 aliphatic carbocycles. The molecule has 0 aromatic heterocycles. The molecule has 0 saturated carbocycles. The van der Waals surface area contributed by atoms with E-state index in [0.29, 0.717) is 0 Å². The Morgan fingerprint density at radius 1 is 1.16 bits per heavy atom. The second kappa shape index (κ2) is 6.96. The van der Waals surface area contributed by atoms with Crippen molar-refractivity contribution in [3.05, 3.63) is 27.2 Å². The van der Waals surface area contributed by atoms with Crippen molar-refractivity contribution < 1.29 is 14.7 Å². The van der Waals surface area contributed by atoms with Crippen molar-refractivity contribution in [3.63, 3.8) is 0 Å². The Balaban J connectivity index is 2.72. The Bertz CT molecular complexity index is 506. The van der Waals surface area contributed by atoms with Crippen molar-refractivity contribution in [3.8, 4) is 0 Å². The number of hydrogen-bond donors (Lipinski definition) is 3. The first-order valence-electron chi connectivity index (χ1n) is 5.23. The topological polar surface area (TPSA) is 78.4 Å². The molecule has 0 radical (unpaired) electrons. The SMILES string of the molecule is CC(O)CNC(=O)C(=O)Nc1cc(Cl)c(Cl)cc1Cl. The molecule has 1 aromatic rings. The van der Waals surface area contributed by atoms with Crippen molar-refractivity contribution in [1.29, 1.82) is 0 Å². The molecule has 2 amide bonds. The summed E-state index contributed by atoms with van der Waals surface area (Å²) < 4.78 is 0. The second-order valence-corrected chi connectivity index (χ2v) is 4.98. The quantitative estimate of drug-likeness (QED) is 0.588. The maximum absolute atomic E-state index is 11.5. The van der Waals surface area contributed by atoms with Crippen LogP contribution in [-0.2, 0) is 9.59 Å².